The molecule has 1 atom stereocenters. The number of ether oxygens (including phenoxy) is 1. The van der Waals surface area contributed by atoms with E-state index in [4.69, 9.17) is 39.5 Å². The van der Waals surface area contributed by atoms with Crippen LogP contribution in [-0.4, -0.2) is 56.6 Å². The highest BCUT2D eigenvalue weighted by molar-refractivity contribution is 7.92. The van der Waals surface area contributed by atoms with Gasteiger partial charge < -0.3 is 15.0 Å². The first kappa shape index (κ1) is 30.0. The Hall–Kier alpha value is -2.20. The van der Waals surface area contributed by atoms with Crippen LogP contribution in [0.15, 0.2) is 36.4 Å². The lowest BCUT2D eigenvalue weighted by Crippen LogP contribution is -2.54. The number of benzene rings is 2. The Morgan fingerprint density at radius 2 is 1.64 bits per heavy atom. The first-order valence-electron chi connectivity index (χ1n) is 10.9. The highest BCUT2D eigenvalue weighted by atomic mass is 35.5. The number of sulfonamides is 1. The van der Waals surface area contributed by atoms with Crippen LogP contribution >= 0.6 is 34.8 Å². The minimum absolute atomic E-state index is 0.114. The summed E-state index contributed by atoms with van der Waals surface area (Å²) in [5, 5.41) is 3.64. The molecule has 1 N–H and O–H groups in total. The zero-order valence-corrected chi connectivity index (χ0v) is 24.0. The number of nitrogens with one attached hydrogen (secondary N) is 1. The predicted molar refractivity (Wildman–Crippen MR) is 145 cm³/mol. The average molecular weight is 579 g/mol. The van der Waals surface area contributed by atoms with Crippen LogP contribution in [0, 0.1) is 0 Å². The molecule has 0 radical (unpaired) electrons. The number of hydrogen-bond acceptors (Lipinski definition) is 5. The third-order valence-corrected chi connectivity index (χ3v) is 7.30. The molecule has 0 spiro atoms. The highest BCUT2D eigenvalue weighted by Crippen LogP contribution is 2.31. The van der Waals surface area contributed by atoms with E-state index in [0.717, 1.165) is 10.6 Å². The second-order valence-electron chi connectivity index (χ2n) is 9.23. The van der Waals surface area contributed by atoms with Crippen molar-refractivity contribution < 1.29 is 22.7 Å². The van der Waals surface area contributed by atoms with Gasteiger partial charge in [0.25, 0.3) is 0 Å². The van der Waals surface area contributed by atoms with E-state index >= 15 is 0 Å². The van der Waals surface area contributed by atoms with Gasteiger partial charge in [-0.15, -0.1) is 0 Å². The Morgan fingerprint density at radius 3 is 2.11 bits per heavy atom. The normalized spacial score (nSPS) is 12.6. The molecule has 198 valence electrons. The first-order valence-corrected chi connectivity index (χ1v) is 13.9. The lowest BCUT2D eigenvalue weighted by Gasteiger charge is -2.33. The van der Waals surface area contributed by atoms with Crippen LogP contribution in [0.25, 0.3) is 0 Å². The van der Waals surface area contributed by atoms with Gasteiger partial charge in [-0.3, -0.25) is 13.9 Å². The first-order chi connectivity index (χ1) is 16.5. The predicted octanol–water partition coefficient (Wildman–Crippen LogP) is 4.75. The van der Waals surface area contributed by atoms with Crippen molar-refractivity contribution in [1.82, 2.24) is 10.2 Å². The Kier molecular flexibility index (Phi) is 9.92. The van der Waals surface area contributed by atoms with Crippen LogP contribution in [0.2, 0.25) is 15.1 Å². The second-order valence-corrected chi connectivity index (χ2v) is 12.4. The average Bonchev–Trinajstić information content (AvgIpc) is 2.74. The molecule has 0 aliphatic heterocycles. The number of anilines is 1. The van der Waals surface area contributed by atoms with Crippen molar-refractivity contribution in [3.05, 3.63) is 57.0 Å². The van der Waals surface area contributed by atoms with Gasteiger partial charge in [-0.25, -0.2) is 8.42 Å². The van der Waals surface area contributed by atoms with Crippen LogP contribution in [0.1, 0.15) is 33.3 Å². The molecular formula is C24H30Cl3N3O5S. The second kappa shape index (κ2) is 11.9. The van der Waals surface area contributed by atoms with Crippen molar-refractivity contribution >= 4 is 62.3 Å². The molecule has 2 aromatic rings. The van der Waals surface area contributed by atoms with E-state index in [1.165, 1.54) is 30.2 Å². The van der Waals surface area contributed by atoms with Crippen molar-refractivity contribution in [2.24, 2.45) is 0 Å². The Morgan fingerprint density at radius 1 is 1.06 bits per heavy atom. The maximum absolute atomic E-state index is 13.6. The third kappa shape index (κ3) is 7.90. The molecule has 12 heteroatoms. The lowest BCUT2D eigenvalue weighted by molar-refractivity contribution is -0.140. The van der Waals surface area contributed by atoms with Crippen LogP contribution in [0.4, 0.5) is 5.69 Å². The molecule has 0 bridgehead atoms. The summed E-state index contributed by atoms with van der Waals surface area (Å²) in [4.78, 5) is 27.9. The molecule has 0 saturated carbocycles. The number of hydrogen-bond donors (Lipinski definition) is 1. The van der Waals surface area contributed by atoms with E-state index in [2.05, 4.69) is 5.32 Å². The Balaban J connectivity index is 2.49. The molecule has 0 fully saturated rings. The molecule has 0 aliphatic carbocycles. The molecule has 0 unspecified atom stereocenters. The molecule has 0 heterocycles. The van der Waals surface area contributed by atoms with Gasteiger partial charge in [-0.1, -0.05) is 40.9 Å². The fourth-order valence-electron chi connectivity index (χ4n) is 3.33. The standard InChI is InChI=1S/C24H30Cl3N3O5S/c1-15(23(32)28-24(2,3)4)29(13-17-18(25)8-7-9-19(17)26)22(31)14-30(36(6,33)34)16-10-11-21(35-5)20(27)12-16/h7-12,15H,13-14H2,1-6H3,(H,28,32)/t15-/m1/s1. The Labute approximate surface area is 227 Å². The summed E-state index contributed by atoms with van der Waals surface area (Å²) < 4.78 is 31.4. The lowest BCUT2D eigenvalue weighted by atomic mass is 10.1. The van der Waals surface area contributed by atoms with Gasteiger partial charge in [0.2, 0.25) is 21.8 Å². The van der Waals surface area contributed by atoms with Gasteiger partial charge in [-0.2, -0.15) is 0 Å². The smallest absolute Gasteiger partial charge is 0.244 e. The van der Waals surface area contributed by atoms with E-state index < -0.39 is 40.0 Å². The van der Waals surface area contributed by atoms with Crippen molar-refractivity contribution in [3.63, 3.8) is 0 Å². The number of methoxy groups -OCH3 is 1. The molecule has 36 heavy (non-hydrogen) atoms. The molecular weight excluding hydrogens is 549 g/mol. The monoisotopic (exact) mass is 577 g/mol. The molecule has 0 saturated heterocycles. The maximum atomic E-state index is 13.6. The van der Waals surface area contributed by atoms with Gasteiger partial charge in [-0.05, 0) is 58.0 Å². The van der Waals surface area contributed by atoms with E-state index in [1.54, 1.807) is 25.1 Å². The van der Waals surface area contributed by atoms with Gasteiger partial charge in [0, 0.05) is 27.7 Å². The highest BCUT2D eigenvalue weighted by Gasteiger charge is 2.32. The van der Waals surface area contributed by atoms with E-state index in [0.29, 0.717) is 21.4 Å². The molecule has 2 aromatic carbocycles. The zero-order chi connectivity index (χ0) is 27.4. The quantitative estimate of drug-likeness (QED) is 0.463. The van der Waals surface area contributed by atoms with Gasteiger partial charge >= 0.3 is 0 Å². The van der Waals surface area contributed by atoms with Crippen LogP contribution < -0.4 is 14.4 Å². The summed E-state index contributed by atoms with van der Waals surface area (Å²) in [5.41, 5.74) is 0.0444. The molecule has 8 nitrogen and oxygen atoms in total. The fraction of sp³-hybridized carbons (Fsp3) is 0.417. The maximum Gasteiger partial charge on any atom is 0.244 e. The number of halogens is 3. The number of carbonyl (C=O) groups is 2. The summed E-state index contributed by atoms with van der Waals surface area (Å²) in [6.45, 7) is 6.29. The summed E-state index contributed by atoms with van der Waals surface area (Å²) in [6, 6.07) is 8.30. The SMILES string of the molecule is COc1ccc(N(CC(=O)N(Cc2c(Cl)cccc2Cl)[C@H](C)C(=O)NC(C)(C)C)S(C)(=O)=O)cc1Cl. The number of rotatable bonds is 9. The van der Waals surface area contributed by atoms with E-state index in [-0.39, 0.29) is 17.3 Å². The summed E-state index contributed by atoms with van der Waals surface area (Å²) in [7, 11) is -2.48. The largest absolute Gasteiger partial charge is 0.495 e. The van der Waals surface area contributed by atoms with E-state index in [9.17, 15) is 18.0 Å². The van der Waals surface area contributed by atoms with Crippen molar-refractivity contribution in [2.75, 3.05) is 24.2 Å². The van der Waals surface area contributed by atoms with Crippen LogP contribution in [-0.2, 0) is 26.2 Å². The van der Waals surface area contributed by atoms with Crippen LogP contribution in [0.5, 0.6) is 5.75 Å². The van der Waals surface area contributed by atoms with Crippen molar-refractivity contribution in [3.8, 4) is 5.75 Å². The summed E-state index contributed by atoms with van der Waals surface area (Å²) in [6.07, 6.45) is 0.976. The number of nitrogens with zero attached hydrogens (tertiary/aromatic N) is 2. The fourth-order valence-corrected chi connectivity index (χ4v) is 4.94. The molecule has 0 aliphatic rings. The van der Waals surface area contributed by atoms with Gasteiger partial charge in [0.05, 0.1) is 24.1 Å². The summed E-state index contributed by atoms with van der Waals surface area (Å²) in [5.74, 6) is -0.708. The number of carbonyl (C=O) groups excluding carboxylic acids is 2. The summed E-state index contributed by atoms with van der Waals surface area (Å²) >= 11 is 18.9. The van der Waals surface area contributed by atoms with Crippen molar-refractivity contribution in [1.29, 1.82) is 0 Å². The van der Waals surface area contributed by atoms with E-state index in [1.807, 2.05) is 20.8 Å². The molecule has 2 rings (SSSR count). The van der Waals surface area contributed by atoms with Crippen LogP contribution in [0.3, 0.4) is 0 Å². The van der Waals surface area contributed by atoms with Gasteiger partial charge in [0.1, 0.15) is 18.3 Å². The zero-order valence-electron chi connectivity index (χ0n) is 20.9. The minimum Gasteiger partial charge on any atom is -0.495 e. The topological polar surface area (TPSA) is 96.0 Å². The molecule has 0 aromatic heterocycles. The minimum atomic E-state index is -3.91. The Bertz CT molecular complexity index is 1210. The van der Waals surface area contributed by atoms with Crippen molar-refractivity contribution in [2.45, 2.75) is 45.8 Å². The van der Waals surface area contributed by atoms with Gasteiger partial charge in [0.15, 0.2) is 0 Å². The number of amides is 2. The third-order valence-electron chi connectivity index (χ3n) is 5.16. The molecule has 2 amide bonds.